The van der Waals surface area contributed by atoms with Gasteiger partial charge < -0.3 is 18.9 Å². The summed E-state index contributed by atoms with van der Waals surface area (Å²) in [5.74, 6) is 0. The van der Waals surface area contributed by atoms with E-state index in [2.05, 4.69) is 419 Å². The van der Waals surface area contributed by atoms with Crippen LogP contribution in [0.5, 0.6) is 0 Å². The second-order valence-corrected chi connectivity index (χ2v) is 26.3. The van der Waals surface area contributed by atoms with E-state index in [1.807, 2.05) is 0 Å². The maximum absolute atomic E-state index is 2.46. The summed E-state index contributed by atoms with van der Waals surface area (Å²) < 4.78 is 4.92. The Bertz CT molecular complexity index is 5880. The van der Waals surface area contributed by atoms with Gasteiger partial charge in [0.2, 0.25) is 0 Å². The Morgan fingerprint density at radius 3 is 0.784 bits per heavy atom. The summed E-state index contributed by atoms with van der Waals surface area (Å²) in [5.41, 5.74) is 24.9. The second kappa shape index (κ2) is 25.4. The molecule has 0 fully saturated rings. The van der Waals surface area contributed by atoms with Crippen LogP contribution < -0.4 is 9.80 Å². The van der Waals surface area contributed by atoms with Gasteiger partial charge in [-0.15, -0.1) is 0 Å². The second-order valence-electron chi connectivity index (χ2n) is 26.3. The van der Waals surface area contributed by atoms with Crippen LogP contribution in [0.3, 0.4) is 0 Å². The monoisotopic (exact) mass is 1300 g/mol. The van der Waals surface area contributed by atoms with Crippen molar-refractivity contribution in [3.05, 3.63) is 400 Å². The molecule has 0 atom stereocenters. The number of benzene rings is 17. The quantitative estimate of drug-likeness (QED) is 0.101. The zero-order valence-corrected chi connectivity index (χ0v) is 55.9. The molecule has 19 aromatic rings. The van der Waals surface area contributed by atoms with Gasteiger partial charge in [-0.2, -0.15) is 0 Å². The highest BCUT2D eigenvalue weighted by molar-refractivity contribution is 6.22. The zero-order valence-electron chi connectivity index (χ0n) is 55.9. The maximum atomic E-state index is 2.46. The molecule has 102 heavy (non-hydrogen) atoms. The molecule has 0 N–H and O–H groups in total. The molecule has 0 saturated carbocycles. The molecule has 17 aromatic carbocycles. The Hall–Kier alpha value is -13.5. The highest BCUT2D eigenvalue weighted by atomic mass is 15.2. The van der Waals surface area contributed by atoms with Crippen LogP contribution >= 0.6 is 0 Å². The lowest BCUT2D eigenvalue weighted by molar-refractivity contribution is 1.13. The number of hydrogen-bond acceptors (Lipinski definition) is 2. The van der Waals surface area contributed by atoms with E-state index >= 15 is 0 Å². The van der Waals surface area contributed by atoms with Crippen molar-refractivity contribution in [1.29, 1.82) is 0 Å². The van der Waals surface area contributed by atoms with Crippen LogP contribution in [0.25, 0.3) is 143 Å². The van der Waals surface area contributed by atoms with Crippen LogP contribution in [0.1, 0.15) is 0 Å². The first-order valence-corrected chi connectivity index (χ1v) is 35.1. The molecule has 19 rings (SSSR count). The molecule has 4 nitrogen and oxygen atoms in total. The molecular formula is C98H66N4. The van der Waals surface area contributed by atoms with Crippen molar-refractivity contribution in [3.8, 4) is 78.4 Å². The minimum absolute atomic E-state index is 1.06. The number of aromatic nitrogens is 2. The molecule has 0 aliphatic carbocycles. The average Bonchev–Trinajstić information content (AvgIpc) is 0.988. The van der Waals surface area contributed by atoms with Gasteiger partial charge >= 0.3 is 0 Å². The smallest absolute Gasteiger partial charge is 0.0619 e. The van der Waals surface area contributed by atoms with E-state index < -0.39 is 0 Å². The summed E-state index contributed by atoms with van der Waals surface area (Å²) in [5, 5.41) is 11.9. The van der Waals surface area contributed by atoms with Crippen LogP contribution in [0.15, 0.2) is 400 Å². The predicted octanol–water partition coefficient (Wildman–Crippen LogP) is 27.1. The van der Waals surface area contributed by atoms with E-state index in [-0.39, 0.29) is 0 Å². The van der Waals surface area contributed by atoms with Crippen LogP contribution in [0.4, 0.5) is 34.1 Å². The molecule has 4 heteroatoms. The maximum Gasteiger partial charge on any atom is 0.0619 e. The molecule has 0 spiro atoms. The topological polar surface area (TPSA) is 16.3 Å². The summed E-state index contributed by atoms with van der Waals surface area (Å²) in [7, 11) is 0. The molecule has 478 valence electrons. The van der Waals surface area contributed by atoms with Crippen molar-refractivity contribution in [2.24, 2.45) is 0 Å². The van der Waals surface area contributed by atoms with Crippen LogP contribution in [0.2, 0.25) is 0 Å². The number of nitrogens with zero attached hydrogens (tertiary/aromatic N) is 4. The lowest BCUT2D eigenvalue weighted by Gasteiger charge is -2.27. The molecule has 0 unspecified atom stereocenters. The molecule has 2 heterocycles. The fourth-order valence-corrected chi connectivity index (χ4v) is 15.9. The first-order chi connectivity index (χ1) is 50.6. The average molecular weight is 1300 g/mol. The standard InChI is InChI=1S/C98H66N4/c1-7-29-69(30-8-1)95-89-61-59-83(65-91(89)101(77-39-15-5-16-40-77)97(95)73-33-11-3-12-34-73)99(81-57-47-67-27-19-21-37-75(67)63-81)79-53-49-71(50-54-79)93-85-43-23-25-45-87(85)94(88-46-26-24-44-86(88)93)72-51-55-80(56-52-72)100(82-58-48-68-28-20-22-38-76(68)64-82)84-60-62-90-92(66-84)102(78-41-17-6-18-42-78)98(74-35-13-4-14-36-74)96(90)70-31-9-2-10-32-70/h1-66H. The van der Waals surface area contributed by atoms with Crippen molar-refractivity contribution >= 4 is 99.0 Å². The van der Waals surface area contributed by atoms with Gasteiger partial charge in [-0.05, 0) is 185 Å². The minimum Gasteiger partial charge on any atom is -0.310 e. The molecule has 0 aliphatic rings. The highest BCUT2D eigenvalue weighted by Crippen LogP contribution is 2.51. The fraction of sp³-hybridized carbons (Fsp3) is 0. The molecular weight excluding hydrogens is 1230 g/mol. The van der Waals surface area contributed by atoms with Crippen LogP contribution in [0, 0.1) is 0 Å². The Morgan fingerprint density at radius 1 is 0.167 bits per heavy atom. The van der Waals surface area contributed by atoms with E-state index in [1.54, 1.807) is 0 Å². The fourth-order valence-electron chi connectivity index (χ4n) is 15.9. The van der Waals surface area contributed by atoms with E-state index in [0.29, 0.717) is 0 Å². The Balaban J connectivity index is 0.746. The van der Waals surface area contributed by atoms with Crippen molar-refractivity contribution in [2.75, 3.05) is 9.80 Å². The largest absolute Gasteiger partial charge is 0.310 e. The summed E-state index contributed by atoms with van der Waals surface area (Å²) in [6.45, 7) is 0. The van der Waals surface area contributed by atoms with E-state index in [0.717, 1.165) is 90.2 Å². The first-order valence-electron chi connectivity index (χ1n) is 35.1. The molecule has 0 bridgehead atoms. The Morgan fingerprint density at radius 2 is 0.431 bits per heavy atom. The molecule has 0 saturated heterocycles. The number of para-hydroxylation sites is 2. The number of rotatable bonds is 14. The van der Waals surface area contributed by atoms with Gasteiger partial charge in [-0.25, -0.2) is 0 Å². The summed E-state index contributed by atoms with van der Waals surface area (Å²) in [6, 6.07) is 147. The number of anilines is 6. The van der Waals surface area contributed by atoms with Gasteiger partial charge in [-0.3, -0.25) is 0 Å². The van der Waals surface area contributed by atoms with Crippen LogP contribution in [-0.2, 0) is 0 Å². The van der Waals surface area contributed by atoms with Gasteiger partial charge in [0.1, 0.15) is 0 Å². The Kier molecular flexibility index (Phi) is 14.9. The normalized spacial score (nSPS) is 11.5. The van der Waals surface area contributed by atoms with E-state index in [1.165, 1.54) is 87.2 Å². The van der Waals surface area contributed by atoms with Gasteiger partial charge in [0.15, 0.2) is 0 Å². The van der Waals surface area contributed by atoms with E-state index in [4.69, 9.17) is 0 Å². The number of hydrogen-bond donors (Lipinski definition) is 0. The third kappa shape index (κ3) is 10.4. The van der Waals surface area contributed by atoms with Gasteiger partial charge in [0.05, 0.1) is 22.4 Å². The first kappa shape index (κ1) is 59.7. The SMILES string of the molecule is c1ccc(-c2c(-c3ccccc3)n(-c3ccccc3)c3cc(N(c4ccc(-c5c6ccccc6c(-c6ccc(N(c7ccc8ccccc8c7)c7ccc8c(-c9ccccc9)c(-c9ccccc9)n(-c9ccccc9)c8c7)cc6)c6ccccc56)cc4)c4ccc5ccccc5c4)ccc23)cc1. The summed E-state index contributed by atoms with van der Waals surface area (Å²) >= 11 is 0. The zero-order chi connectivity index (χ0) is 67.5. The number of fused-ring (bicyclic) bond motifs is 6. The Labute approximate surface area is 593 Å². The predicted molar refractivity (Wildman–Crippen MR) is 432 cm³/mol. The lowest BCUT2D eigenvalue weighted by Crippen LogP contribution is -2.10. The van der Waals surface area contributed by atoms with E-state index in [9.17, 15) is 0 Å². The third-order valence-corrected chi connectivity index (χ3v) is 20.4. The van der Waals surface area contributed by atoms with Crippen molar-refractivity contribution in [2.45, 2.75) is 0 Å². The van der Waals surface area contributed by atoms with Gasteiger partial charge in [-0.1, -0.05) is 303 Å². The molecule has 0 amide bonds. The highest BCUT2D eigenvalue weighted by Gasteiger charge is 2.27. The molecule has 2 aromatic heterocycles. The van der Waals surface area contributed by atoms with Crippen molar-refractivity contribution < 1.29 is 0 Å². The summed E-state index contributed by atoms with van der Waals surface area (Å²) in [4.78, 5) is 4.86. The summed E-state index contributed by atoms with van der Waals surface area (Å²) in [6.07, 6.45) is 0. The molecule has 0 radical (unpaired) electrons. The van der Waals surface area contributed by atoms with Crippen molar-refractivity contribution in [1.82, 2.24) is 9.13 Å². The minimum atomic E-state index is 1.06. The van der Waals surface area contributed by atoms with Crippen LogP contribution in [-0.4, -0.2) is 9.13 Å². The molecule has 0 aliphatic heterocycles. The van der Waals surface area contributed by atoms with Crippen molar-refractivity contribution in [3.63, 3.8) is 0 Å². The van der Waals surface area contributed by atoms with Gasteiger partial charge in [0, 0.05) is 67.4 Å². The van der Waals surface area contributed by atoms with Gasteiger partial charge in [0.25, 0.3) is 0 Å². The third-order valence-electron chi connectivity index (χ3n) is 20.4. The lowest BCUT2D eigenvalue weighted by atomic mass is 9.86.